The molecule has 0 N–H and O–H groups in total. The Balaban J connectivity index is 2.27. The van der Waals surface area contributed by atoms with Gasteiger partial charge in [0.25, 0.3) is 0 Å². The van der Waals surface area contributed by atoms with Crippen LogP contribution >= 0.6 is 0 Å². The van der Waals surface area contributed by atoms with E-state index in [0.29, 0.717) is 13.0 Å². The molecule has 1 saturated heterocycles. The van der Waals surface area contributed by atoms with Gasteiger partial charge >= 0.3 is 0 Å². The van der Waals surface area contributed by atoms with Crippen molar-refractivity contribution in [1.82, 2.24) is 4.31 Å². The van der Waals surface area contributed by atoms with Gasteiger partial charge in [-0.3, -0.25) is 0 Å². The predicted molar refractivity (Wildman–Crippen MR) is 84.6 cm³/mol. The molecule has 0 bridgehead atoms. The molecular formula is C16H25NO3S. The molecule has 0 spiro atoms. The summed E-state index contributed by atoms with van der Waals surface area (Å²) in [6.07, 6.45) is 6.85. The van der Waals surface area contributed by atoms with Gasteiger partial charge in [-0.05, 0) is 31.4 Å². The lowest BCUT2D eigenvalue weighted by Crippen LogP contribution is -2.36. The normalized spacial score (nSPS) is 21.1. The van der Waals surface area contributed by atoms with Gasteiger partial charge in [-0.15, -0.1) is 6.58 Å². The number of allylic oxidation sites excluding steroid dienone is 1. The van der Waals surface area contributed by atoms with E-state index in [2.05, 4.69) is 6.58 Å². The fourth-order valence-electron chi connectivity index (χ4n) is 2.81. The van der Waals surface area contributed by atoms with Crippen LogP contribution < -0.4 is 0 Å². The highest BCUT2D eigenvalue weighted by atomic mass is 32.2. The standard InChI is InChI=1S/C16H25NO3S/c1-3-5-13-21(18,19)17-12-8-6-7-9-15(17)16-11-10-14(4-2)20-16/h3,10-11,15H,1,4-9,12-13H2,2H3/t15-/m1/s1. The molecule has 1 atom stereocenters. The average molecular weight is 311 g/mol. The van der Waals surface area contributed by atoms with Gasteiger partial charge in [0.2, 0.25) is 10.0 Å². The minimum atomic E-state index is -3.26. The molecule has 0 unspecified atom stereocenters. The summed E-state index contributed by atoms with van der Waals surface area (Å²) in [6, 6.07) is 3.74. The minimum Gasteiger partial charge on any atom is -0.464 e. The van der Waals surface area contributed by atoms with Crippen LogP contribution in [0, 0.1) is 0 Å². The van der Waals surface area contributed by atoms with Crippen LogP contribution in [0.2, 0.25) is 0 Å². The largest absolute Gasteiger partial charge is 0.464 e. The lowest BCUT2D eigenvalue weighted by Gasteiger charge is -2.27. The van der Waals surface area contributed by atoms with Crippen LogP contribution in [0.3, 0.4) is 0 Å². The molecule has 118 valence electrons. The molecule has 0 saturated carbocycles. The molecule has 21 heavy (non-hydrogen) atoms. The Morgan fingerprint density at radius 1 is 1.38 bits per heavy atom. The first-order valence-electron chi connectivity index (χ1n) is 7.77. The maximum absolute atomic E-state index is 12.6. The molecule has 0 radical (unpaired) electrons. The van der Waals surface area contributed by atoms with Gasteiger partial charge in [0.15, 0.2) is 0 Å². The molecule has 0 aliphatic carbocycles. The lowest BCUT2D eigenvalue weighted by molar-refractivity contribution is 0.280. The molecule has 2 heterocycles. The van der Waals surface area contributed by atoms with Crippen molar-refractivity contribution in [3.05, 3.63) is 36.3 Å². The van der Waals surface area contributed by atoms with E-state index in [4.69, 9.17) is 4.42 Å². The summed E-state index contributed by atoms with van der Waals surface area (Å²) < 4.78 is 32.7. The van der Waals surface area contributed by atoms with E-state index in [9.17, 15) is 8.42 Å². The Bertz CT molecular complexity index is 562. The van der Waals surface area contributed by atoms with Crippen LogP contribution in [-0.4, -0.2) is 25.0 Å². The van der Waals surface area contributed by atoms with E-state index in [-0.39, 0.29) is 11.8 Å². The van der Waals surface area contributed by atoms with Crippen LogP contribution in [0.15, 0.2) is 29.2 Å². The van der Waals surface area contributed by atoms with Crippen molar-refractivity contribution in [1.29, 1.82) is 0 Å². The van der Waals surface area contributed by atoms with E-state index < -0.39 is 10.0 Å². The highest BCUT2D eigenvalue weighted by Crippen LogP contribution is 2.33. The van der Waals surface area contributed by atoms with Gasteiger partial charge in [-0.25, -0.2) is 8.42 Å². The van der Waals surface area contributed by atoms with Crippen LogP contribution in [0.4, 0.5) is 0 Å². The van der Waals surface area contributed by atoms with Crippen molar-refractivity contribution in [2.75, 3.05) is 12.3 Å². The number of sulfonamides is 1. The SMILES string of the molecule is C=CCCS(=O)(=O)N1CCCCC[C@@H]1c1ccc(CC)o1. The first kappa shape index (κ1) is 16.3. The lowest BCUT2D eigenvalue weighted by atomic mass is 10.1. The molecule has 0 amide bonds. The number of hydrogen-bond donors (Lipinski definition) is 0. The molecule has 2 rings (SSSR count). The predicted octanol–water partition coefficient (Wildman–Crippen LogP) is 3.67. The number of aryl methyl sites for hydroxylation is 1. The van der Waals surface area contributed by atoms with Gasteiger partial charge in [-0.1, -0.05) is 25.8 Å². The molecule has 1 aromatic heterocycles. The van der Waals surface area contributed by atoms with Gasteiger partial charge in [0.05, 0.1) is 11.8 Å². The third kappa shape index (κ3) is 3.98. The number of hydrogen-bond acceptors (Lipinski definition) is 3. The second-order valence-electron chi connectivity index (χ2n) is 5.53. The highest BCUT2D eigenvalue weighted by molar-refractivity contribution is 7.89. The summed E-state index contributed by atoms with van der Waals surface area (Å²) in [6.45, 7) is 6.24. The number of rotatable bonds is 6. The molecule has 0 aromatic carbocycles. The summed E-state index contributed by atoms with van der Waals surface area (Å²) >= 11 is 0. The van der Waals surface area contributed by atoms with Crippen LogP contribution in [0.25, 0.3) is 0 Å². The third-order valence-electron chi connectivity index (χ3n) is 4.00. The molecule has 1 aliphatic heterocycles. The van der Waals surface area contributed by atoms with Crippen LogP contribution in [0.5, 0.6) is 0 Å². The average Bonchev–Trinajstić information content (AvgIpc) is 2.81. The fourth-order valence-corrected chi connectivity index (χ4v) is 4.52. The Kier molecular flexibility index (Phi) is 5.65. The quantitative estimate of drug-likeness (QED) is 0.753. The Morgan fingerprint density at radius 3 is 2.86 bits per heavy atom. The highest BCUT2D eigenvalue weighted by Gasteiger charge is 2.33. The van der Waals surface area contributed by atoms with Crippen molar-refractivity contribution in [2.45, 2.75) is 51.5 Å². The summed E-state index contributed by atoms with van der Waals surface area (Å²) in [4.78, 5) is 0. The van der Waals surface area contributed by atoms with E-state index in [1.165, 1.54) is 0 Å². The second-order valence-corrected chi connectivity index (χ2v) is 7.57. The van der Waals surface area contributed by atoms with E-state index >= 15 is 0 Å². The molecule has 5 heteroatoms. The number of nitrogens with zero attached hydrogens (tertiary/aromatic N) is 1. The minimum absolute atomic E-state index is 0.133. The summed E-state index contributed by atoms with van der Waals surface area (Å²) in [5, 5.41) is 0. The first-order chi connectivity index (χ1) is 10.1. The molecular weight excluding hydrogens is 286 g/mol. The van der Waals surface area contributed by atoms with Gasteiger partial charge < -0.3 is 4.42 Å². The monoisotopic (exact) mass is 311 g/mol. The van der Waals surface area contributed by atoms with Crippen molar-refractivity contribution in [3.8, 4) is 0 Å². The van der Waals surface area contributed by atoms with Crippen LogP contribution in [0.1, 0.15) is 56.6 Å². The zero-order valence-electron chi connectivity index (χ0n) is 12.8. The van der Waals surface area contributed by atoms with Crippen molar-refractivity contribution < 1.29 is 12.8 Å². The van der Waals surface area contributed by atoms with E-state index in [0.717, 1.165) is 43.6 Å². The zero-order chi connectivity index (χ0) is 15.3. The molecule has 4 nitrogen and oxygen atoms in total. The Morgan fingerprint density at radius 2 is 2.19 bits per heavy atom. The molecule has 1 aliphatic rings. The van der Waals surface area contributed by atoms with Crippen molar-refractivity contribution in [2.24, 2.45) is 0 Å². The van der Waals surface area contributed by atoms with E-state index in [1.807, 2.05) is 19.1 Å². The maximum Gasteiger partial charge on any atom is 0.215 e. The van der Waals surface area contributed by atoms with Crippen molar-refractivity contribution >= 4 is 10.0 Å². The zero-order valence-corrected chi connectivity index (χ0v) is 13.6. The van der Waals surface area contributed by atoms with E-state index in [1.54, 1.807) is 10.4 Å². The van der Waals surface area contributed by atoms with Crippen LogP contribution in [-0.2, 0) is 16.4 Å². The molecule has 1 fully saturated rings. The third-order valence-corrected chi connectivity index (χ3v) is 5.90. The first-order valence-corrected chi connectivity index (χ1v) is 9.38. The summed E-state index contributed by atoms with van der Waals surface area (Å²) in [5.74, 6) is 1.84. The van der Waals surface area contributed by atoms with Gasteiger partial charge in [-0.2, -0.15) is 4.31 Å². The van der Waals surface area contributed by atoms with Gasteiger partial charge in [0.1, 0.15) is 11.5 Å². The smallest absolute Gasteiger partial charge is 0.215 e. The summed E-state index contributed by atoms with van der Waals surface area (Å²) in [5.41, 5.74) is 0. The fraction of sp³-hybridized carbons (Fsp3) is 0.625. The Labute approximate surface area is 127 Å². The second kappa shape index (κ2) is 7.27. The van der Waals surface area contributed by atoms with Gasteiger partial charge in [0, 0.05) is 13.0 Å². The topological polar surface area (TPSA) is 50.5 Å². The molecule has 1 aromatic rings. The number of furan rings is 1. The summed E-state index contributed by atoms with van der Waals surface area (Å²) in [7, 11) is -3.26. The Hall–Kier alpha value is -1.07. The van der Waals surface area contributed by atoms with Crippen molar-refractivity contribution in [3.63, 3.8) is 0 Å². The maximum atomic E-state index is 12.6.